The molecule has 0 aromatic heterocycles. The van der Waals surface area contributed by atoms with Crippen LogP contribution in [-0.2, 0) is 6.42 Å². The molecule has 1 aromatic carbocycles. The lowest BCUT2D eigenvalue weighted by molar-refractivity contribution is 0.461. The van der Waals surface area contributed by atoms with E-state index < -0.39 is 0 Å². The Bertz CT molecular complexity index is 525. The number of hydrogen-bond acceptors (Lipinski definition) is 2. The van der Waals surface area contributed by atoms with Crippen LogP contribution in [0.4, 0.5) is 11.4 Å². The molecule has 0 atom stereocenters. The summed E-state index contributed by atoms with van der Waals surface area (Å²) in [6.45, 7) is 4.62. The molecule has 25 heavy (non-hydrogen) atoms. The number of anilines is 2. The largest absolute Gasteiger partial charge is 0.382 e. The number of aryl methyl sites for hydroxylation is 1. The highest BCUT2D eigenvalue weighted by atomic mass is 15.0. The van der Waals surface area contributed by atoms with Crippen LogP contribution < -0.4 is 10.6 Å². The maximum Gasteiger partial charge on any atom is 0.0425 e. The molecule has 0 heterocycles. The zero-order valence-electron chi connectivity index (χ0n) is 16.5. The highest BCUT2D eigenvalue weighted by Gasteiger charge is 2.19. The molecule has 2 aliphatic carbocycles. The summed E-state index contributed by atoms with van der Waals surface area (Å²) < 4.78 is 0. The lowest BCUT2D eigenvalue weighted by Gasteiger charge is -2.29. The fraction of sp³-hybridized carbons (Fsp3) is 0.739. The van der Waals surface area contributed by atoms with E-state index >= 15 is 0 Å². The first-order chi connectivity index (χ1) is 12.3. The molecule has 2 N–H and O–H groups in total. The number of rotatable bonds is 7. The Morgan fingerprint density at radius 2 is 1.44 bits per heavy atom. The van der Waals surface area contributed by atoms with Crippen LogP contribution in [-0.4, -0.2) is 12.1 Å². The molecular weight excluding hydrogens is 304 g/mol. The van der Waals surface area contributed by atoms with Gasteiger partial charge in [0.2, 0.25) is 0 Å². The van der Waals surface area contributed by atoms with Crippen LogP contribution in [0.15, 0.2) is 12.1 Å². The van der Waals surface area contributed by atoms with Gasteiger partial charge in [0.05, 0.1) is 0 Å². The smallest absolute Gasteiger partial charge is 0.0425 e. The lowest BCUT2D eigenvalue weighted by Crippen LogP contribution is -2.25. The molecule has 3 rings (SSSR count). The summed E-state index contributed by atoms with van der Waals surface area (Å²) in [5, 5.41) is 7.83. The van der Waals surface area contributed by atoms with Crippen molar-refractivity contribution in [2.24, 2.45) is 0 Å². The van der Waals surface area contributed by atoms with Crippen LogP contribution in [0.1, 0.15) is 95.1 Å². The predicted molar refractivity (Wildman–Crippen MR) is 111 cm³/mol. The van der Waals surface area contributed by atoms with Gasteiger partial charge in [0.1, 0.15) is 0 Å². The Morgan fingerprint density at radius 1 is 0.840 bits per heavy atom. The van der Waals surface area contributed by atoms with Gasteiger partial charge in [-0.1, -0.05) is 57.9 Å². The molecule has 140 valence electrons. The summed E-state index contributed by atoms with van der Waals surface area (Å²) in [6.07, 6.45) is 17.5. The van der Waals surface area contributed by atoms with Gasteiger partial charge in [-0.2, -0.15) is 0 Å². The molecule has 2 nitrogen and oxygen atoms in total. The third-order valence-electron chi connectivity index (χ3n) is 6.27. The van der Waals surface area contributed by atoms with Gasteiger partial charge in [0, 0.05) is 23.5 Å². The summed E-state index contributed by atoms with van der Waals surface area (Å²) in [4.78, 5) is 0. The van der Waals surface area contributed by atoms with Gasteiger partial charge in [-0.15, -0.1) is 0 Å². The number of benzene rings is 1. The minimum absolute atomic E-state index is 0.677. The van der Waals surface area contributed by atoms with Crippen molar-refractivity contribution < 1.29 is 0 Å². The number of nitrogens with one attached hydrogen (secondary N) is 2. The van der Waals surface area contributed by atoms with E-state index in [1.54, 1.807) is 0 Å². The van der Waals surface area contributed by atoms with Gasteiger partial charge < -0.3 is 10.6 Å². The van der Waals surface area contributed by atoms with Gasteiger partial charge in [-0.3, -0.25) is 0 Å². The third-order valence-corrected chi connectivity index (χ3v) is 6.27. The van der Waals surface area contributed by atoms with E-state index in [-0.39, 0.29) is 0 Å². The number of unbranched alkanes of at least 4 members (excludes halogenated alkanes) is 1. The van der Waals surface area contributed by atoms with Crippen molar-refractivity contribution in [2.45, 2.75) is 109 Å². The van der Waals surface area contributed by atoms with Crippen molar-refractivity contribution in [3.8, 4) is 0 Å². The second kappa shape index (κ2) is 9.50. The molecule has 2 aliphatic rings. The highest BCUT2D eigenvalue weighted by molar-refractivity contribution is 5.69. The van der Waals surface area contributed by atoms with Gasteiger partial charge in [-0.25, -0.2) is 0 Å². The van der Waals surface area contributed by atoms with Crippen LogP contribution in [0.2, 0.25) is 0 Å². The minimum Gasteiger partial charge on any atom is -0.382 e. The standard InChI is InChI=1S/C23H38N2/c1-3-4-11-19-16-17-22(24-20-12-7-5-8-13-20)18(2)23(19)25-21-14-9-6-10-15-21/h16-17,20-21,24-25H,3-15H2,1-2H3. The normalized spacial score (nSPS) is 19.8. The molecule has 1 aromatic rings. The van der Waals surface area contributed by atoms with Crippen LogP contribution in [0.25, 0.3) is 0 Å². The molecule has 2 heteroatoms. The topological polar surface area (TPSA) is 24.1 Å². The fourth-order valence-corrected chi connectivity index (χ4v) is 4.62. The summed E-state index contributed by atoms with van der Waals surface area (Å²) >= 11 is 0. The van der Waals surface area contributed by atoms with Crippen LogP contribution in [0.5, 0.6) is 0 Å². The average molecular weight is 343 g/mol. The van der Waals surface area contributed by atoms with E-state index in [1.807, 2.05) is 0 Å². The first kappa shape index (κ1) is 18.6. The zero-order chi connectivity index (χ0) is 17.5. The molecule has 0 bridgehead atoms. The quantitative estimate of drug-likeness (QED) is 0.567. The van der Waals surface area contributed by atoms with Crippen LogP contribution >= 0.6 is 0 Å². The Balaban J connectivity index is 1.77. The molecule has 0 amide bonds. The maximum absolute atomic E-state index is 3.96. The number of hydrogen-bond donors (Lipinski definition) is 2. The molecular formula is C23H38N2. The summed E-state index contributed by atoms with van der Waals surface area (Å²) in [5.41, 5.74) is 5.79. The average Bonchev–Trinajstić information content (AvgIpc) is 2.66. The maximum atomic E-state index is 3.96. The van der Waals surface area contributed by atoms with E-state index in [0.29, 0.717) is 12.1 Å². The van der Waals surface area contributed by atoms with E-state index in [9.17, 15) is 0 Å². The molecule has 0 unspecified atom stereocenters. The van der Waals surface area contributed by atoms with Crippen LogP contribution in [0.3, 0.4) is 0 Å². The van der Waals surface area contributed by atoms with Gasteiger partial charge in [-0.05, 0) is 62.6 Å². The van der Waals surface area contributed by atoms with Gasteiger partial charge in [0.15, 0.2) is 0 Å². The Labute approximate surface area is 155 Å². The molecule has 0 saturated heterocycles. The second-order valence-electron chi connectivity index (χ2n) is 8.33. The summed E-state index contributed by atoms with van der Waals surface area (Å²) in [7, 11) is 0. The Kier molecular flexibility index (Phi) is 7.07. The second-order valence-corrected chi connectivity index (χ2v) is 8.33. The summed E-state index contributed by atoms with van der Waals surface area (Å²) in [5.74, 6) is 0. The third kappa shape index (κ3) is 5.15. The van der Waals surface area contributed by atoms with E-state index in [0.717, 1.165) is 0 Å². The zero-order valence-corrected chi connectivity index (χ0v) is 16.5. The van der Waals surface area contributed by atoms with E-state index in [2.05, 4.69) is 36.6 Å². The summed E-state index contributed by atoms with van der Waals surface area (Å²) in [6, 6.07) is 6.09. The monoisotopic (exact) mass is 342 g/mol. The van der Waals surface area contributed by atoms with Crippen molar-refractivity contribution in [1.82, 2.24) is 0 Å². The SMILES string of the molecule is CCCCc1ccc(NC2CCCCC2)c(C)c1NC1CCCCC1. The van der Waals surface area contributed by atoms with Crippen molar-refractivity contribution in [3.05, 3.63) is 23.3 Å². The molecule has 0 aliphatic heterocycles. The Morgan fingerprint density at radius 3 is 2.04 bits per heavy atom. The predicted octanol–water partition coefficient (Wildman–Crippen LogP) is 6.83. The highest BCUT2D eigenvalue weighted by Crippen LogP contribution is 2.33. The Hall–Kier alpha value is -1.18. The first-order valence-corrected chi connectivity index (χ1v) is 10.9. The van der Waals surface area contributed by atoms with Crippen molar-refractivity contribution in [3.63, 3.8) is 0 Å². The first-order valence-electron chi connectivity index (χ1n) is 10.9. The van der Waals surface area contributed by atoms with Crippen molar-refractivity contribution in [1.29, 1.82) is 0 Å². The van der Waals surface area contributed by atoms with Crippen LogP contribution in [0, 0.1) is 6.92 Å². The van der Waals surface area contributed by atoms with E-state index in [4.69, 9.17) is 0 Å². The van der Waals surface area contributed by atoms with Crippen molar-refractivity contribution in [2.75, 3.05) is 10.6 Å². The van der Waals surface area contributed by atoms with Gasteiger partial charge in [0.25, 0.3) is 0 Å². The lowest BCUT2D eigenvalue weighted by atomic mass is 9.93. The molecule has 2 fully saturated rings. The van der Waals surface area contributed by atoms with E-state index in [1.165, 1.54) is 106 Å². The minimum atomic E-state index is 0.677. The molecule has 0 spiro atoms. The molecule has 2 saturated carbocycles. The molecule has 0 radical (unpaired) electrons. The van der Waals surface area contributed by atoms with Gasteiger partial charge >= 0.3 is 0 Å². The van der Waals surface area contributed by atoms with Crippen molar-refractivity contribution >= 4 is 11.4 Å². The fourth-order valence-electron chi connectivity index (χ4n) is 4.62.